The van der Waals surface area contributed by atoms with Crippen molar-refractivity contribution in [1.82, 2.24) is 14.9 Å². The van der Waals surface area contributed by atoms with Crippen molar-refractivity contribution in [2.75, 3.05) is 44.3 Å². The van der Waals surface area contributed by atoms with Crippen LogP contribution in [-0.2, 0) is 11.3 Å². The van der Waals surface area contributed by atoms with E-state index in [9.17, 15) is 5.11 Å². The van der Waals surface area contributed by atoms with Crippen LogP contribution in [-0.4, -0.2) is 65.0 Å². The van der Waals surface area contributed by atoms with E-state index in [4.69, 9.17) is 4.74 Å². The van der Waals surface area contributed by atoms with E-state index in [1.54, 1.807) is 0 Å². The lowest BCUT2D eigenvalue weighted by molar-refractivity contribution is -0.0968. The van der Waals surface area contributed by atoms with Crippen molar-refractivity contribution in [3.8, 4) is 0 Å². The summed E-state index contributed by atoms with van der Waals surface area (Å²) in [5.41, 5.74) is 0.763. The second-order valence-electron chi connectivity index (χ2n) is 7.52. The van der Waals surface area contributed by atoms with Crippen molar-refractivity contribution in [3.05, 3.63) is 18.0 Å². The fourth-order valence-corrected chi connectivity index (χ4v) is 4.40. The summed E-state index contributed by atoms with van der Waals surface area (Å²) in [6, 6.07) is 0. The molecule has 1 aliphatic carbocycles. The SMILES string of the molecule is OC12CCCCC1CN(Cc1cnc(N3CCOCC3)nc1)CC2. The summed E-state index contributed by atoms with van der Waals surface area (Å²) in [4.78, 5) is 13.7. The highest BCUT2D eigenvalue weighted by Crippen LogP contribution is 2.39. The van der Waals surface area contributed by atoms with E-state index in [-0.39, 0.29) is 0 Å². The van der Waals surface area contributed by atoms with Crippen LogP contribution in [0, 0.1) is 5.92 Å². The molecule has 0 bridgehead atoms. The van der Waals surface area contributed by atoms with Crippen molar-refractivity contribution >= 4 is 5.95 Å². The molecule has 2 aliphatic heterocycles. The van der Waals surface area contributed by atoms with Gasteiger partial charge >= 0.3 is 0 Å². The minimum absolute atomic E-state index is 0.397. The lowest BCUT2D eigenvalue weighted by Gasteiger charge is -2.47. The molecule has 3 fully saturated rings. The highest BCUT2D eigenvalue weighted by Gasteiger charge is 2.42. The van der Waals surface area contributed by atoms with E-state index in [2.05, 4.69) is 19.8 Å². The molecule has 0 spiro atoms. The first kappa shape index (κ1) is 16.2. The molecular formula is C18H28N4O2. The topological polar surface area (TPSA) is 61.7 Å². The largest absolute Gasteiger partial charge is 0.390 e. The maximum Gasteiger partial charge on any atom is 0.225 e. The number of rotatable bonds is 3. The van der Waals surface area contributed by atoms with Crippen LogP contribution in [0.1, 0.15) is 37.7 Å². The monoisotopic (exact) mass is 332 g/mol. The predicted octanol–water partition coefficient (Wildman–Crippen LogP) is 1.44. The van der Waals surface area contributed by atoms with Gasteiger partial charge in [0.15, 0.2) is 0 Å². The van der Waals surface area contributed by atoms with Crippen LogP contribution < -0.4 is 4.90 Å². The van der Waals surface area contributed by atoms with Crippen molar-refractivity contribution in [2.45, 2.75) is 44.2 Å². The molecule has 3 heterocycles. The molecule has 1 aromatic rings. The number of likely N-dealkylation sites (tertiary alicyclic amines) is 1. The molecule has 3 aliphatic rings. The maximum atomic E-state index is 10.8. The Morgan fingerprint density at radius 3 is 2.71 bits per heavy atom. The van der Waals surface area contributed by atoms with E-state index in [0.29, 0.717) is 5.92 Å². The zero-order valence-corrected chi connectivity index (χ0v) is 14.4. The van der Waals surface area contributed by atoms with Gasteiger partial charge < -0.3 is 14.7 Å². The maximum absolute atomic E-state index is 10.8. The third kappa shape index (κ3) is 3.41. The summed E-state index contributed by atoms with van der Waals surface area (Å²) in [5, 5.41) is 10.8. The van der Waals surface area contributed by atoms with Gasteiger partial charge in [0, 0.05) is 56.6 Å². The van der Waals surface area contributed by atoms with Gasteiger partial charge in [-0.05, 0) is 19.3 Å². The summed E-state index contributed by atoms with van der Waals surface area (Å²) in [6.45, 7) is 6.10. The average Bonchev–Trinajstić information content (AvgIpc) is 2.63. The molecule has 2 saturated heterocycles. The number of anilines is 1. The Morgan fingerprint density at radius 2 is 1.92 bits per heavy atom. The minimum atomic E-state index is -0.397. The highest BCUT2D eigenvalue weighted by molar-refractivity contribution is 5.30. The number of hydrogen-bond acceptors (Lipinski definition) is 6. The Morgan fingerprint density at radius 1 is 1.12 bits per heavy atom. The predicted molar refractivity (Wildman–Crippen MR) is 91.9 cm³/mol. The standard InChI is InChI=1S/C18H28N4O2/c23-18-4-2-1-3-16(18)14-21(6-5-18)13-15-11-19-17(20-12-15)22-7-9-24-10-8-22/h11-12,16,23H,1-10,13-14H2. The lowest BCUT2D eigenvalue weighted by atomic mass is 9.71. The molecule has 0 aromatic carbocycles. The van der Waals surface area contributed by atoms with E-state index in [1.165, 1.54) is 19.3 Å². The number of morpholine rings is 1. The molecule has 1 N–H and O–H groups in total. The molecule has 2 atom stereocenters. The molecule has 6 nitrogen and oxygen atoms in total. The van der Waals surface area contributed by atoms with Crippen molar-refractivity contribution < 1.29 is 9.84 Å². The van der Waals surface area contributed by atoms with E-state index in [0.717, 1.165) is 70.3 Å². The zero-order valence-electron chi connectivity index (χ0n) is 14.4. The Labute approximate surface area is 143 Å². The third-order valence-electron chi connectivity index (χ3n) is 5.90. The molecule has 132 valence electrons. The third-order valence-corrected chi connectivity index (χ3v) is 5.90. The lowest BCUT2D eigenvalue weighted by Crippen LogP contribution is -2.52. The molecule has 24 heavy (non-hydrogen) atoms. The summed E-state index contributed by atoms with van der Waals surface area (Å²) >= 11 is 0. The first-order valence-electron chi connectivity index (χ1n) is 9.31. The number of ether oxygens (including phenoxy) is 1. The number of piperidine rings is 1. The second kappa shape index (κ2) is 6.94. The number of aromatic nitrogens is 2. The Bertz CT molecular complexity index is 546. The number of aliphatic hydroxyl groups is 1. The summed E-state index contributed by atoms with van der Waals surface area (Å²) < 4.78 is 5.37. The Kier molecular flexibility index (Phi) is 4.70. The normalized spacial score (nSPS) is 31.7. The fraction of sp³-hybridized carbons (Fsp3) is 0.778. The van der Waals surface area contributed by atoms with Gasteiger partial charge in [-0.25, -0.2) is 9.97 Å². The first-order chi connectivity index (χ1) is 11.7. The van der Waals surface area contributed by atoms with Gasteiger partial charge in [-0.2, -0.15) is 0 Å². The second-order valence-corrected chi connectivity index (χ2v) is 7.52. The van der Waals surface area contributed by atoms with E-state index < -0.39 is 5.60 Å². The number of fused-ring (bicyclic) bond motifs is 1. The van der Waals surface area contributed by atoms with Crippen molar-refractivity contribution in [2.24, 2.45) is 5.92 Å². The van der Waals surface area contributed by atoms with Crippen LogP contribution in [0.4, 0.5) is 5.95 Å². The zero-order chi connectivity index (χ0) is 16.4. The summed E-state index contributed by atoms with van der Waals surface area (Å²) in [6.07, 6.45) is 9.42. The quantitative estimate of drug-likeness (QED) is 0.904. The van der Waals surface area contributed by atoms with Crippen molar-refractivity contribution in [3.63, 3.8) is 0 Å². The molecular weight excluding hydrogens is 304 g/mol. The molecule has 1 saturated carbocycles. The van der Waals surface area contributed by atoms with Crippen LogP contribution >= 0.6 is 0 Å². The fourth-order valence-electron chi connectivity index (χ4n) is 4.40. The summed E-state index contributed by atoms with van der Waals surface area (Å²) in [5.74, 6) is 1.25. The van der Waals surface area contributed by atoms with Gasteiger partial charge in [-0.3, -0.25) is 4.90 Å². The van der Waals surface area contributed by atoms with Crippen LogP contribution in [0.3, 0.4) is 0 Å². The summed E-state index contributed by atoms with van der Waals surface area (Å²) in [7, 11) is 0. The molecule has 2 unspecified atom stereocenters. The first-order valence-corrected chi connectivity index (χ1v) is 9.31. The van der Waals surface area contributed by atoms with Crippen LogP contribution in [0.25, 0.3) is 0 Å². The number of nitrogens with zero attached hydrogens (tertiary/aromatic N) is 4. The van der Waals surface area contributed by atoms with Crippen LogP contribution in [0.15, 0.2) is 12.4 Å². The minimum Gasteiger partial charge on any atom is -0.390 e. The van der Waals surface area contributed by atoms with Gasteiger partial charge in [-0.15, -0.1) is 0 Å². The Hall–Kier alpha value is -1.24. The molecule has 4 rings (SSSR count). The van der Waals surface area contributed by atoms with Gasteiger partial charge in [0.1, 0.15) is 0 Å². The Balaban J connectivity index is 1.35. The van der Waals surface area contributed by atoms with Crippen LogP contribution in [0.2, 0.25) is 0 Å². The molecule has 0 radical (unpaired) electrons. The van der Waals surface area contributed by atoms with Gasteiger partial charge in [0.2, 0.25) is 5.95 Å². The van der Waals surface area contributed by atoms with Crippen LogP contribution in [0.5, 0.6) is 0 Å². The van der Waals surface area contributed by atoms with Gasteiger partial charge in [0.05, 0.1) is 18.8 Å². The van der Waals surface area contributed by atoms with Gasteiger partial charge in [-0.1, -0.05) is 12.8 Å². The molecule has 0 amide bonds. The van der Waals surface area contributed by atoms with Crippen molar-refractivity contribution in [1.29, 1.82) is 0 Å². The molecule has 6 heteroatoms. The number of hydrogen-bond donors (Lipinski definition) is 1. The highest BCUT2D eigenvalue weighted by atomic mass is 16.5. The molecule has 1 aromatic heterocycles. The van der Waals surface area contributed by atoms with Gasteiger partial charge in [0.25, 0.3) is 0 Å². The van der Waals surface area contributed by atoms with E-state index >= 15 is 0 Å². The average molecular weight is 332 g/mol. The smallest absolute Gasteiger partial charge is 0.225 e. The van der Waals surface area contributed by atoms with E-state index in [1.807, 2.05) is 12.4 Å².